The highest BCUT2D eigenvalue weighted by Crippen LogP contribution is 2.32. The van der Waals surface area contributed by atoms with Gasteiger partial charge < -0.3 is 0 Å². The Hall–Kier alpha value is -1.91. The number of nitro groups is 1. The minimum Gasteiger partial charge on any atom is -0.289 e. The fraction of sp³-hybridized carbons (Fsp3) is 0.133. The lowest BCUT2D eigenvalue weighted by molar-refractivity contribution is -0.384. The summed E-state index contributed by atoms with van der Waals surface area (Å²) < 4.78 is 0. The molecule has 4 nitrogen and oxygen atoms in total. The van der Waals surface area contributed by atoms with Crippen LogP contribution in [0.1, 0.15) is 27.0 Å². The molecule has 2 aromatic rings. The minimum atomic E-state index is -0.641. The van der Waals surface area contributed by atoms with Gasteiger partial charge in [0.2, 0.25) is 0 Å². The summed E-state index contributed by atoms with van der Waals surface area (Å²) in [6.45, 7) is 3.72. The first-order valence-corrected chi connectivity index (χ1v) is 6.82. The van der Waals surface area contributed by atoms with Crippen LogP contribution in [0.3, 0.4) is 0 Å². The molecule has 0 spiro atoms. The van der Waals surface area contributed by atoms with Crippen molar-refractivity contribution in [2.24, 2.45) is 0 Å². The predicted octanol–water partition coefficient (Wildman–Crippen LogP) is 4.75. The summed E-state index contributed by atoms with van der Waals surface area (Å²) in [6.07, 6.45) is 0. The molecular formula is C15H11Cl2NO3. The lowest BCUT2D eigenvalue weighted by Gasteiger charge is -2.08. The first-order chi connectivity index (χ1) is 9.81. The van der Waals surface area contributed by atoms with Crippen LogP contribution >= 0.6 is 23.2 Å². The van der Waals surface area contributed by atoms with Gasteiger partial charge in [-0.15, -0.1) is 0 Å². The molecule has 0 saturated heterocycles. The van der Waals surface area contributed by atoms with Crippen molar-refractivity contribution in [2.45, 2.75) is 13.8 Å². The SMILES string of the molecule is Cc1ccc(C(=O)c2cc([N+](=O)[O-])c(Cl)cc2Cl)c(C)c1. The van der Waals surface area contributed by atoms with Gasteiger partial charge in [0.25, 0.3) is 5.69 Å². The second-order valence-corrected chi connectivity index (χ2v) is 5.50. The van der Waals surface area contributed by atoms with E-state index in [9.17, 15) is 14.9 Å². The molecule has 0 amide bonds. The van der Waals surface area contributed by atoms with Crippen molar-refractivity contribution in [3.05, 3.63) is 72.7 Å². The zero-order chi connectivity index (χ0) is 15.7. The molecule has 0 atom stereocenters. The van der Waals surface area contributed by atoms with Gasteiger partial charge in [0.05, 0.1) is 9.95 Å². The molecule has 21 heavy (non-hydrogen) atoms. The Balaban J connectivity index is 2.58. The number of nitro benzene ring substituents is 1. The number of hydrogen-bond donors (Lipinski definition) is 0. The molecule has 0 aliphatic heterocycles. The number of nitrogens with zero attached hydrogens (tertiary/aromatic N) is 1. The first kappa shape index (κ1) is 15.5. The van der Waals surface area contributed by atoms with E-state index < -0.39 is 4.92 Å². The van der Waals surface area contributed by atoms with Crippen molar-refractivity contribution >= 4 is 34.7 Å². The van der Waals surface area contributed by atoms with Crippen LogP contribution in [0.25, 0.3) is 0 Å². The second-order valence-electron chi connectivity index (χ2n) is 4.69. The monoisotopic (exact) mass is 323 g/mol. The lowest BCUT2D eigenvalue weighted by Crippen LogP contribution is -2.06. The summed E-state index contributed by atoms with van der Waals surface area (Å²) in [5.41, 5.74) is 2.00. The number of carbonyl (C=O) groups excluding carboxylic acids is 1. The van der Waals surface area contributed by atoms with E-state index in [0.717, 1.165) is 17.2 Å². The third-order valence-electron chi connectivity index (χ3n) is 3.10. The van der Waals surface area contributed by atoms with Gasteiger partial charge in [-0.3, -0.25) is 14.9 Å². The van der Waals surface area contributed by atoms with Crippen molar-refractivity contribution < 1.29 is 9.72 Å². The Bertz CT molecular complexity index is 757. The van der Waals surface area contributed by atoms with Gasteiger partial charge in [-0.1, -0.05) is 47.0 Å². The van der Waals surface area contributed by atoms with Gasteiger partial charge in [-0.25, -0.2) is 0 Å². The maximum absolute atomic E-state index is 12.5. The zero-order valence-corrected chi connectivity index (χ0v) is 12.8. The molecular weight excluding hydrogens is 313 g/mol. The van der Waals surface area contributed by atoms with Crippen LogP contribution in [0.5, 0.6) is 0 Å². The molecule has 0 fully saturated rings. The van der Waals surface area contributed by atoms with E-state index in [1.165, 1.54) is 6.07 Å². The molecule has 0 N–H and O–H groups in total. The molecule has 2 rings (SSSR count). The number of aryl methyl sites for hydroxylation is 2. The minimum absolute atomic E-state index is 0.0692. The summed E-state index contributed by atoms with van der Waals surface area (Å²) in [7, 11) is 0. The van der Waals surface area contributed by atoms with Crippen LogP contribution in [0, 0.1) is 24.0 Å². The summed E-state index contributed by atoms with van der Waals surface area (Å²) in [4.78, 5) is 22.8. The van der Waals surface area contributed by atoms with Gasteiger partial charge in [-0.2, -0.15) is 0 Å². The predicted molar refractivity (Wildman–Crippen MR) is 82.5 cm³/mol. The molecule has 0 bridgehead atoms. The number of carbonyl (C=O) groups is 1. The van der Waals surface area contributed by atoms with Crippen molar-refractivity contribution in [1.29, 1.82) is 0 Å². The Morgan fingerprint density at radius 3 is 2.29 bits per heavy atom. The lowest BCUT2D eigenvalue weighted by atomic mass is 9.97. The smallest absolute Gasteiger partial charge is 0.288 e. The van der Waals surface area contributed by atoms with Crippen LogP contribution in [-0.4, -0.2) is 10.7 Å². The van der Waals surface area contributed by atoms with Gasteiger partial charge in [0.1, 0.15) is 5.02 Å². The molecule has 0 aromatic heterocycles. The van der Waals surface area contributed by atoms with E-state index in [-0.39, 0.29) is 27.1 Å². The van der Waals surface area contributed by atoms with Gasteiger partial charge in [0, 0.05) is 17.2 Å². The van der Waals surface area contributed by atoms with E-state index in [0.29, 0.717) is 5.56 Å². The molecule has 0 unspecified atom stereocenters. The third kappa shape index (κ3) is 3.06. The van der Waals surface area contributed by atoms with Crippen LogP contribution in [-0.2, 0) is 0 Å². The number of halogens is 2. The molecule has 0 radical (unpaired) electrons. The molecule has 0 heterocycles. The number of benzene rings is 2. The number of ketones is 1. The fourth-order valence-electron chi connectivity index (χ4n) is 2.06. The maximum atomic E-state index is 12.5. The summed E-state index contributed by atoms with van der Waals surface area (Å²) in [5.74, 6) is -0.364. The third-order valence-corrected chi connectivity index (χ3v) is 3.72. The maximum Gasteiger partial charge on any atom is 0.288 e. The summed E-state index contributed by atoms with van der Waals surface area (Å²) in [6, 6.07) is 7.69. The zero-order valence-electron chi connectivity index (χ0n) is 11.3. The molecule has 108 valence electrons. The van der Waals surface area contributed by atoms with E-state index in [4.69, 9.17) is 23.2 Å². The largest absolute Gasteiger partial charge is 0.289 e. The average Bonchev–Trinajstić information content (AvgIpc) is 2.37. The standard InChI is InChI=1S/C15H11Cl2NO3/c1-8-3-4-10(9(2)5-8)15(19)11-6-14(18(20)21)13(17)7-12(11)16/h3-7H,1-2H3. The number of rotatable bonds is 3. The van der Waals surface area contributed by atoms with Crippen molar-refractivity contribution in [2.75, 3.05) is 0 Å². The molecule has 2 aromatic carbocycles. The highest BCUT2D eigenvalue weighted by Gasteiger charge is 2.22. The van der Waals surface area contributed by atoms with Crippen LogP contribution in [0.15, 0.2) is 30.3 Å². The first-order valence-electron chi connectivity index (χ1n) is 6.06. The second kappa shape index (κ2) is 5.84. The van der Waals surface area contributed by atoms with Crippen molar-refractivity contribution in [3.63, 3.8) is 0 Å². The molecule has 0 aliphatic carbocycles. The van der Waals surface area contributed by atoms with Crippen LogP contribution in [0.4, 0.5) is 5.69 Å². The highest BCUT2D eigenvalue weighted by atomic mass is 35.5. The van der Waals surface area contributed by atoms with Crippen LogP contribution in [0.2, 0.25) is 10.0 Å². The van der Waals surface area contributed by atoms with Crippen molar-refractivity contribution in [1.82, 2.24) is 0 Å². The topological polar surface area (TPSA) is 60.2 Å². The molecule has 0 aliphatic rings. The van der Waals surface area contributed by atoms with E-state index in [2.05, 4.69) is 0 Å². The van der Waals surface area contributed by atoms with E-state index >= 15 is 0 Å². The van der Waals surface area contributed by atoms with Gasteiger partial charge >= 0.3 is 0 Å². The summed E-state index contributed by atoms with van der Waals surface area (Å²) in [5, 5.41) is 10.9. The number of hydrogen-bond acceptors (Lipinski definition) is 3. The quantitative estimate of drug-likeness (QED) is 0.465. The van der Waals surface area contributed by atoms with Crippen LogP contribution < -0.4 is 0 Å². The van der Waals surface area contributed by atoms with Gasteiger partial charge in [0.15, 0.2) is 5.78 Å². The molecule has 0 saturated carbocycles. The van der Waals surface area contributed by atoms with E-state index in [1.807, 2.05) is 13.0 Å². The highest BCUT2D eigenvalue weighted by molar-refractivity contribution is 6.38. The Kier molecular flexibility index (Phi) is 4.30. The average molecular weight is 324 g/mol. The Morgan fingerprint density at radius 2 is 1.71 bits per heavy atom. The molecule has 6 heteroatoms. The fourth-order valence-corrected chi connectivity index (χ4v) is 2.60. The van der Waals surface area contributed by atoms with Crippen molar-refractivity contribution in [3.8, 4) is 0 Å². The normalized spacial score (nSPS) is 10.5. The Morgan fingerprint density at radius 1 is 1.05 bits per heavy atom. The Labute approximate surface area is 131 Å². The van der Waals surface area contributed by atoms with E-state index in [1.54, 1.807) is 19.1 Å². The van der Waals surface area contributed by atoms with Gasteiger partial charge in [-0.05, 0) is 25.5 Å². The summed E-state index contributed by atoms with van der Waals surface area (Å²) >= 11 is 11.8.